The van der Waals surface area contributed by atoms with Gasteiger partial charge in [0.15, 0.2) is 0 Å². The van der Waals surface area contributed by atoms with Crippen molar-refractivity contribution < 1.29 is 13.6 Å². The van der Waals surface area contributed by atoms with Crippen LogP contribution in [0.2, 0.25) is 0 Å². The second kappa shape index (κ2) is 20.8. The Morgan fingerprint density at radius 2 is 1.17 bits per heavy atom. The third-order valence-electron chi connectivity index (χ3n) is 4.09. The molecule has 0 heterocycles. The zero-order valence-electron chi connectivity index (χ0n) is 16.1. The first kappa shape index (κ1) is 23.8. The van der Waals surface area contributed by atoms with Crippen LogP contribution >= 0.6 is 8.25 Å². The fraction of sp³-hybridized carbons (Fsp3) is 0.900. The Morgan fingerprint density at radius 3 is 1.71 bits per heavy atom. The van der Waals surface area contributed by atoms with Crippen LogP contribution in [0.1, 0.15) is 104 Å². The first-order valence-corrected chi connectivity index (χ1v) is 11.3. The maximum atomic E-state index is 11.1. The predicted molar refractivity (Wildman–Crippen MR) is 105 cm³/mol. The topological polar surface area (TPSA) is 35.5 Å². The summed E-state index contributed by atoms with van der Waals surface area (Å²) in [6.45, 7) is 5.09. The van der Waals surface area contributed by atoms with Gasteiger partial charge in [0.1, 0.15) is 13.2 Å². The molecule has 0 saturated heterocycles. The van der Waals surface area contributed by atoms with Gasteiger partial charge in [0, 0.05) is 4.57 Å². The van der Waals surface area contributed by atoms with Crippen molar-refractivity contribution in [1.29, 1.82) is 0 Å². The Balaban J connectivity index is 3.11. The van der Waals surface area contributed by atoms with E-state index in [0.717, 1.165) is 12.8 Å². The van der Waals surface area contributed by atoms with Crippen LogP contribution in [0.15, 0.2) is 12.2 Å². The van der Waals surface area contributed by atoms with Crippen molar-refractivity contribution in [3.8, 4) is 0 Å². The van der Waals surface area contributed by atoms with Crippen LogP contribution in [0.4, 0.5) is 0 Å². The lowest BCUT2D eigenvalue weighted by atomic mass is 10.1. The molecule has 0 aliphatic rings. The molecule has 0 bridgehead atoms. The van der Waals surface area contributed by atoms with E-state index in [1.54, 1.807) is 0 Å². The highest BCUT2D eigenvalue weighted by molar-refractivity contribution is 7.33. The Labute approximate surface area is 151 Å². The molecule has 0 fully saturated rings. The lowest BCUT2D eigenvalue weighted by Crippen LogP contribution is -1.89. The molecule has 0 aliphatic carbocycles. The van der Waals surface area contributed by atoms with E-state index < -0.39 is 8.25 Å². The monoisotopic (exact) mass is 359 g/mol. The summed E-state index contributed by atoms with van der Waals surface area (Å²) in [5.41, 5.74) is 0. The normalized spacial score (nSPS) is 12.2. The highest BCUT2D eigenvalue weighted by Crippen LogP contribution is 2.23. The molecule has 0 saturated carbocycles. The van der Waals surface area contributed by atoms with E-state index in [0.29, 0.717) is 13.2 Å². The maximum absolute atomic E-state index is 11.1. The van der Waals surface area contributed by atoms with Crippen molar-refractivity contribution in [3.63, 3.8) is 0 Å². The van der Waals surface area contributed by atoms with Crippen LogP contribution in [0, 0.1) is 0 Å². The second-order valence-corrected chi connectivity index (χ2v) is 7.38. The van der Waals surface area contributed by atoms with Crippen molar-refractivity contribution in [2.24, 2.45) is 0 Å². The van der Waals surface area contributed by atoms with Crippen LogP contribution in [0.25, 0.3) is 0 Å². The largest absolute Gasteiger partial charge is 0.697 e. The van der Waals surface area contributed by atoms with Crippen molar-refractivity contribution in [3.05, 3.63) is 12.2 Å². The highest BCUT2D eigenvalue weighted by Gasteiger charge is 2.17. The van der Waals surface area contributed by atoms with E-state index in [1.807, 2.05) is 6.92 Å². The summed E-state index contributed by atoms with van der Waals surface area (Å²) < 4.78 is 21.0. The lowest BCUT2D eigenvalue weighted by molar-refractivity contribution is 0.229. The zero-order chi connectivity index (χ0) is 17.7. The van der Waals surface area contributed by atoms with Gasteiger partial charge >= 0.3 is 8.25 Å². The van der Waals surface area contributed by atoms with Gasteiger partial charge in [0.05, 0.1) is 0 Å². The Kier molecular flexibility index (Phi) is 20.6. The molecule has 0 aromatic carbocycles. The molecule has 0 amide bonds. The number of unbranched alkanes of at least 4 members (excludes halogenated alkanes) is 12. The summed E-state index contributed by atoms with van der Waals surface area (Å²) >= 11 is 0. The standard InChI is InChI=1S/C20H40O3P/c1-3-5-6-7-8-9-10-11-12-13-14-15-16-17-18-19-20-23-24(21)22-4-2/h11-12H,3-10,13-20H2,1-2H3/q+1. The number of allylic oxidation sites excluding steroid dienone is 2. The van der Waals surface area contributed by atoms with Gasteiger partial charge in [0.25, 0.3) is 0 Å². The summed E-state index contributed by atoms with van der Waals surface area (Å²) in [4.78, 5) is 0. The minimum absolute atomic E-state index is 0.447. The van der Waals surface area contributed by atoms with Crippen LogP contribution in [0.3, 0.4) is 0 Å². The fourth-order valence-electron chi connectivity index (χ4n) is 2.63. The highest BCUT2D eigenvalue weighted by atomic mass is 31.1. The molecule has 0 aliphatic heterocycles. The molecular formula is C20H40O3P+. The quantitative estimate of drug-likeness (QED) is 0.134. The molecule has 0 aromatic heterocycles. The van der Waals surface area contributed by atoms with Gasteiger partial charge in [0.2, 0.25) is 0 Å². The maximum Gasteiger partial charge on any atom is 0.697 e. The van der Waals surface area contributed by atoms with Gasteiger partial charge in [-0.25, -0.2) is 0 Å². The van der Waals surface area contributed by atoms with Gasteiger partial charge in [-0.15, -0.1) is 9.05 Å². The number of hydrogen-bond acceptors (Lipinski definition) is 3. The van der Waals surface area contributed by atoms with Crippen LogP contribution in [-0.2, 0) is 13.6 Å². The molecular weight excluding hydrogens is 319 g/mol. The van der Waals surface area contributed by atoms with Gasteiger partial charge in [-0.2, -0.15) is 0 Å². The van der Waals surface area contributed by atoms with Crippen molar-refractivity contribution in [1.82, 2.24) is 0 Å². The lowest BCUT2D eigenvalue weighted by Gasteiger charge is -1.99. The van der Waals surface area contributed by atoms with Gasteiger partial charge in [-0.05, 0) is 39.0 Å². The summed E-state index contributed by atoms with van der Waals surface area (Å²) in [6.07, 6.45) is 22.8. The van der Waals surface area contributed by atoms with Crippen molar-refractivity contribution in [2.75, 3.05) is 13.2 Å². The van der Waals surface area contributed by atoms with E-state index >= 15 is 0 Å². The number of hydrogen-bond donors (Lipinski definition) is 0. The Hall–Kier alpha value is -0.240. The van der Waals surface area contributed by atoms with Crippen LogP contribution < -0.4 is 0 Å². The second-order valence-electron chi connectivity index (χ2n) is 6.41. The summed E-state index contributed by atoms with van der Waals surface area (Å²) in [6, 6.07) is 0. The minimum Gasteiger partial charge on any atom is -0.119 e. The summed E-state index contributed by atoms with van der Waals surface area (Å²) in [5, 5.41) is 0. The van der Waals surface area contributed by atoms with E-state index in [9.17, 15) is 4.57 Å². The van der Waals surface area contributed by atoms with E-state index in [4.69, 9.17) is 9.05 Å². The van der Waals surface area contributed by atoms with E-state index in [1.165, 1.54) is 77.0 Å². The molecule has 0 spiro atoms. The molecule has 4 heteroatoms. The van der Waals surface area contributed by atoms with Gasteiger partial charge in [-0.1, -0.05) is 76.9 Å². The molecule has 1 unspecified atom stereocenters. The first-order valence-electron chi connectivity index (χ1n) is 10.2. The smallest absolute Gasteiger partial charge is 0.119 e. The van der Waals surface area contributed by atoms with Gasteiger partial charge in [-0.3, -0.25) is 0 Å². The zero-order valence-corrected chi connectivity index (χ0v) is 17.0. The molecule has 24 heavy (non-hydrogen) atoms. The first-order chi connectivity index (χ1) is 11.8. The van der Waals surface area contributed by atoms with Crippen LogP contribution in [0.5, 0.6) is 0 Å². The molecule has 0 aromatic rings. The SMILES string of the molecule is CCCCCCCCC=CCCCCCCCCO[P+](=O)OCC. The molecule has 1 atom stereocenters. The molecule has 0 N–H and O–H groups in total. The average Bonchev–Trinajstić information content (AvgIpc) is 2.58. The summed E-state index contributed by atoms with van der Waals surface area (Å²) in [5.74, 6) is 0. The van der Waals surface area contributed by atoms with Crippen LogP contribution in [-0.4, -0.2) is 13.2 Å². The van der Waals surface area contributed by atoms with Crippen molar-refractivity contribution >= 4 is 8.25 Å². The molecule has 142 valence electrons. The minimum atomic E-state index is -1.88. The Bertz CT molecular complexity index is 293. The summed E-state index contributed by atoms with van der Waals surface area (Å²) in [7, 11) is -1.88. The number of rotatable bonds is 19. The predicted octanol–water partition coefficient (Wildman–Crippen LogP) is 7.73. The fourth-order valence-corrected chi connectivity index (χ4v) is 3.19. The third-order valence-corrected chi connectivity index (χ3v) is 4.95. The molecule has 3 nitrogen and oxygen atoms in total. The van der Waals surface area contributed by atoms with E-state index in [2.05, 4.69) is 19.1 Å². The average molecular weight is 360 g/mol. The third kappa shape index (κ3) is 19.8. The molecule has 0 rings (SSSR count). The molecule has 0 radical (unpaired) electrons. The van der Waals surface area contributed by atoms with E-state index in [-0.39, 0.29) is 0 Å². The Morgan fingerprint density at radius 1 is 0.667 bits per heavy atom. The van der Waals surface area contributed by atoms with Gasteiger partial charge < -0.3 is 0 Å². The van der Waals surface area contributed by atoms with Crippen molar-refractivity contribution in [2.45, 2.75) is 104 Å².